The van der Waals surface area contributed by atoms with Crippen molar-refractivity contribution < 1.29 is 23.1 Å². The predicted molar refractivity (Wildman–Crippen MR) is 138 cm³/mol. The molecule has 1 fully saturated rings. The summed E-state index contributed by atoms with van der Waals surface area (Å²) in [5, 5.41) is 11.1. The van der Waals surface area contributed by atoms with Gasteiger partial charge in [0.25, 0.3) is 0 Å². The number of aliphatic hydroxyl groups excluding tert-OH is 1. The number of hydrogen-bond acceptors (Lipinski definition) is 5. The first-order chi connectivity index (χ1) is 13.4. The van der Waals surface area contributed by atoms with Gasteiger partial charge < -0.3 is 23.1 Å². The molecule has 1 rings (SSSR count). The summed E-state index contributed by atoms with van der Waals surface area (Å²) in [6, 6.07) is 0. The molecule has 0 saturated carbocycles. The summed E-state index contributed by atoms with van der Waals surface area (Å²) in [5.41, 5.74) is 0. The Bertz CT molecular complexity index is 600. The summed E-state index contributed by atoms with van der Waals surface area (Å²) in [6.45, 7) is 33.8. The van der Waals surface area contributed by atoms with Crippen LogP contribution >= 0.6 is 0 Å². The van der Waals surface area contributed by atoms with Crippen LogP contribution in [0.5, 0.6) is 0 Å². The second kappa shape index (κ2) is 9.24. The molecule has 0 bridgehead atoms. The van der Waals surface area contributed by atoms with Gasteiger partial charge in [0.05, 0.1) is 6.61 Å². The van der Waals surface area contributed by atoms with Gasteiger partial charge in [-0.15, -0.1) is 0 Å². The van der Waals surface area contributed by atoms with Crippen molar-refractivity contribution in [2.75, 3.05) is 6.61 Å². The topological polar surface area (TPSA) is 57.2 Å². The van der Waals surface area contributed by atoms with E-state index in [2.05, 4.69) is 102 Å². The lowest BCUT2D eigenvalue weighted by molar-refractivity contribution is -0.129. The standard InChI is InChI=1S/C23H52O5Si3/c1-21(2,3)29(10,11)25-16-17-18(27-30(12,13)22(4,5)6)19(20(24)26-17)28-31(14,15)23(7,8)9/h17-20,24H,16H2,1-15H3/t17-,18-,19+,20?/m0/s1. The van der Waals surface area contributed by atoms with Crippen molar-refractivity contribution in [3.05, 3.63) is 0 Å². The summed E-state index contributed by atoms with van der Waals surface area (Å²) in [5.74, 6) is 0. The van der Waals surface area contributed by atoms with E-state index in [0.717, 1.165) is 0 Å². The van der Waals surface area contributed by atoms with E-state index < -0.39 is 37.3 Å². The molecular formula is C23H52O5Si3. The van der Waals surface area contributed by atoms with Gasteiger partial charge in [0, 0.05) is 0 Å². The molecule has 1 aliphatic rings. The van der Waals surface area contributed by atoms with Gasteiger partial charge in [0.2, 0.25) is 0 Å². The van der Waals surface area contributed by atoms with Crippen molar-refractivity contribution in [2.45, 2.75) is 141 Å². The van der Waals surface area contributed by atoms with Crippen LogP contribution < -0.4 is 0 Å². The number of hydrogen-bond donors (Lipinski definition) is 1. The maximum absolute atomic E-state index is 10.9. The zero-order valence-corrected chi connectivity index (χ0v) is 26.1. The lowest BCUT2D eigenvalue weighted by Gasteiger charge is -2.44. The molecule has 0 aromatic heterocycles. The molecule has 1 N–H and O–H groups in total. The van der Waals surface area contributed by atoms with Crippen LogP contribution in [0.2, 0.25) is 54.4 Å². The van der Waals surface area contributed by atoms with E-state index in [0.29, 0.717) is 6.61 Å². The Balaban J connectivity index is 3.22. The minimum Gasteiger partial charge on any atom is -0.414 e. The number of ether oxygens (including phenoxy) is 1. The first kappa shape index (κ1) is 29.5. The quantitative estimate of drug-likeness (QED) is 0.411. The van der Waals surface area contributed by atoms with Crippen LogP contribution in [0.1, 0.15) is 62.3 Å². The molecule has 31 heavy (non-hydrogen) atoms. The maximum atomic E-state index is 10.9. The third kappa shape index (κ3) is 6.97. The van der Waals surface area contributed by atoms with Crippen LogP contribution in [-0.4, -0.2) is 61.3 Å². The summed E-state index contributed by atoms with van der Waals surface area (Å²) in [7, 11) is -6.20. The lowest BCUT2D eigenvalue weighted by atomic mass is 10.1. The van der Waals surface area contributed by atoms with Gasteiger partial charge >= 0.3 is 0 Å². The van der Waals surface area contributed by atoms with E-state index in [1.807, 2.05) is 0 Å². The second-order valence-electron chi connectivity index (χ2n) is 13.8. The van der Waals surface area contributed by atoms with Crippen LogP contribution in [-0.2, 0) is 18.0 Å². The number of rotatable bonds is 7. The molecule has 0 radical (unpaired) electrons. The molecule has 1 aliphatic heterocycles. The Morgan fingerprint density at radius 1 is 0.645 bits per heavy atom. The van der Waals surface area contributed by atoms with Crippen LogP contribution in [0, 0.1) is 0 Å². The van der Waals surface area contributed by atoms with E-state index >= 15 is 0 Å². The van der Waals surface area contributed by atoms with Crippen molar-refractivity contribution in [3.63, 3.8) is 0 Å². The van der Waals surface area contributed by atoms with E-state index in [4.69, 9.17) is 18.0 Å². The largest absolute Gasteiger partial charge is 0.414 e. The molecule has 1 unspecified atom stereocenters. The molecule has 0 spiro atoms. The lowest BCUT2D eigenvalue weighted by Crippen LogP contribution is -2.55. The van der Waals surface area contributed by atoms with Gasteiger partial charge in [-0.1, -0.05) is 62.3 Å². The molecule has 0 aromatic rings. The molecule has 0 aromatic carbocycles. The Kier molecular flexibility index (Phi) is 8.79. The third-order valence-electron chi connectivity index (χ3n) is 8.17. The highest BCUT2D eigenvalue weighted by molar-refractivity contribution is 6.75. The Labute approximate surface area is 196 Å². The number of aliphatic hydroxyl groups is 1. The van der Waals surface area contributed by atoms with Gasteiger partial charge in [0.1, 0.15) is 18.3 Å². The average molecular weight is 493 g/mol. The molecule has 8 heteroatoms. The second-order valence-corrected chi connectivity index (χ2v) is 28.1. The SMILES string of the molecule is CC(C)(C)[Si](C)(C)OC[C@@H]1OC(O)[C@H](O[Si](C)(C)C(C)(C)C)[C@H]1O[Si](C)(C)C(C)(C)C. The maximum Gasteiger partial charge on any atom is 0.192 e. The smallest absolute Gasteiger partial charge is 0.192 e. The van der Waals surface area contributed by atoms with Gasteiger partial charge in [-0.25, -0.2) is 0 Å². The van der Waals surface area contributed by atoms with E-state index in [-0.39, 0.29) is 27.3 Å². The van der Waals surface area contributed by atoms with E-state index in [1.165, 1.54) is 0 Å². The molecule has 5 nitrogen and oxygen atoms in total. The zero-order chi connectivity index (χ0) is 24.8. The molecule has 1 heterocycles. The van der Waals surface area contributed by atoms with Crippen molar-refractivity contribution in [1.29, 1.82) is 0 Å². The monoisotopic (exact) mass is 492 g/mol. The van der Waals surface area contributed by atoms with Crippen molar-refractivity contribution in [2.24, 2.45) is 0 Å². The van der Waals surface area contributed by atoms with Crippen molar-refractivity contribution >= 4 is 25.0 Å². The average Bonchev–Trinajstić information content (AvgIpc) is 2.77. The van der Waals surface area contributed by atoms with Crippen LogP contribution in [0.3, 0.4) is 0 Å². The van der Waals surface area contributed by atoms with Gasteiger partial charge in [0.15, 0.2) is 31.2 Å². The van der Waals surface area contributed by atoms with E-state index in [9.17, 15) is 5.11 Å². The van der Waals surface area contributed by atoms with Crippen LogP contribution in [0.15, 0.2) is 0 Å². The molecule has 4 atom stereocenters. The molecular weight excluding hydrogens is 441 g/mol. The minimum atomic E-state index is -2.13. The Morgan fingerprint density at radius 2 is 1.00 bits per heavy atom. The van der Waals surface area contributed by atoms with Crippen molar-refractivity contribution in [1.82, 2.24) is 0 Å². The predicted octanol–water partition coefficient (Wildman–Crippen LogP) is 6.51. The fraction of sp³-hybridized carbons (Fsp3) is 1.00. The first-order valence-electron chi connectivity index (χ1n) is 11.8. The minimum absolute atomic E-state index is 0.0317. The van der Waals surface area contributed by atoms with Gasteiger partial charge in [-0.05, 0) is 54.4 Å². The summed E-state index contributed by atoms with van der Waals surface area (Å²) in [6.07, 6.45) is -2.18. The fourth-order valence-electron chi connectivity index (χ4n) is 2.65. The molecule has 1 saturated heterocycles. The zero-order valence-electron chi connectivity index (χ0n) is 23.1. The highest BCUT2D eigenvalue weighted by Gasteiger charge is 2.54. The summed E-state index contributed by atoms with van der Waals surface area (Å²) >= 11 is 0. The summed E-state index contributed by atoms with van der Waals surface area (Å²) in [4.78, 5) is 0. The first-order valence-corrected chi connectivity index (χ1v) is 20.5. The summed E-state index contributed by atoms with van der Waals surface area (Å²) < 4.78 is 26.1. The molecule has 0 aliphatic carbocycles. The van der Waals surface area contributed by atoms with E-state index in [1.54, 1.807) is 0 Å². The highest BCUT2D eigenvalue weighted by atomic mass is 28.4. The highest BCUT2D eigenvalue weighted by Crippen LogP contribution is 2.44. The van der Waals surface area contributed by atoms with Crippen molar-refractivity contribution in [3.8, 4) is 0 Å². The fourth-order valence-corrected chi connectivity index (χ4v) is 6.27. The Hall–Kier alpha value is 0.451. The van der Waals surface area contributed by atoms with Crippen LogP contribution in [0.4, 0.5) is 0 Å². The van der Waals surface area contributed by atoms with Crippen LogP contribution in [0.25, 0.3) is 0 Å². The molecule has 186 valence electrons. The van der Waals surface area contributed by atoms with Gasteiger partial charge in [-0.2, -0.15) is 0 Å². The third-order valence-corrected chi connectivity index (χ3v) is 21.6. The Morgan fingerprint density at radius 3 is 1.35 bits per heavy atom. The van der Waals surface area contributed by atoms with Gasteiger partial charge in [-0.3, -0.25) is 0 Å². The normalized spacial score (nSPS) is 27.1. The molecule has 0 amide bonds.